The van der Waals surface area contributed by atoms with Crippen LogP contribution in [0.4, 0.5) is 0 Å². The van der Waals surface area contributed by atoms with E-state index >= 15 is 0 Å². The molecule has 1 fully saturated rings. The first-order chi connectivity index (χ1) is 10.2. The fourth-order valence-electron chi connectivity index (χ4n) is 2.91. The van der Waals surface area contributed by atoms with E-state index in [0.717, 1.165) is 25.7 Å². The highest BCUT2D eigenvalue weighted by atomic mass is 16.4. The summed E-state index contributed by atoms with van der Waals surface area (Å²) >= 11 is 0. The maximum absolute atomic E-state index is 12.4. The van der Waals surface area contributed by atoms with Crippen LogP contribution < -0.4 is 5.32 Å². The van der Waals surface area contributed by atoms with Crippen molar-refractivity contribution < 1.29 is 14.7 Å². The minimum Gasteiger partial charge on any atom is -0.479 e. The molecule has 0 heterocycles. The molecule has 0 aromatic heterocycles. The highest BCUT2D eigenvalue weighted by molar-refractivity contribution is 5.85. The van der Waals surface area contributed by atoms with Gasteiger partial charge >= 0.3 is 5.97 Å². The van der Waals surface area contributed by atoms with Crippen LogP contribution in [0.5, 0.6) is 0 Å². The lowest BCUT2D eigenvalue weighted by Gasteiger charge is -2.22. The van der Waals surface area contributed by atoms with Gasteiger partial charge in [-0.3, -0.25) is 4.79 Å². The van der Waals surface area contributed by atoms with Crippen molar-refractivity contribution in [3.8, 4) is 0 Å². The van der Waals surface area contributed by atoms with Gasteiger partial charge in [0.25, 0.3) is 0 Å². The fourth-order valence-corrected chi connectivity index (χ4v) is 2.91. The predicted octanol–water partition coefficient (Wildman–Crippen LogP) is 3.29. The van der Waals surface area contributed by atoms with E-state index in [-0.39, 0.29) is 11.8 Å². The molecule has 4 heteroatoms. The summed E-state index contributed by atoms with van der Waals surface area (Å²) in [6.45, 7) is 0. The zero-order valence-electron chi connectivity index (χ0n) is 12.3. The first-order valence-electron chi connectivity index (χ1n) is 7.76. The second kappa shape index (κ2) is 7.81. The van der Waals surface area contributed by atoms with Crippen LogP contribution in [-0.2, 0) is 9.59 Å². The molecule has 0 radical (unpaired) electrons. The van der Waals surface area contributed by atoms with Crippen molar-refractivity contribution in [2.45, 2.75) is 51.0 Å². The number of aliphatic carboxylic acids is 1. The molecule has 21 heavy (non-hydrogen) atoms. The normalized spacial score (nSPS) is 18.3. The molecule has 0 unspecified atom stereocenters. The van der Waals surface area contributed by atoms with Gasteiger partial charge in [0, 0.05) is 5.92 Å². The Morgan fingerprint density at radius 3 is 2.14 bits per heavy atom. The van der Waals surface area contributed by atoms with Gasteiger partial charge in [-0.1, -0.05) is 62.4 Å². The van der Waals surface area contributed by atoms with Gasteiger partial charge in [-0.05, 0) is 18.4 Å². The van der Waals surface area contributed by atoms with E-state index in [2.05, 4.69) is 5.32 Å². The quantitative estimate of drug-likeness (QED) is 0.893. The number of nitrogens with one attached hydrogen (secondary N) is 1. The maximum atomic E-state index is 12.4. The number of carboxylic acid groups (broad SMARTS) is 1. The minimum atomic E-state index is -1.01. The standard InChI is InChI=1S/C17H23NO3/c19-16(14-11-5-2-1-3-6-12-14)18-15(17(20)21)13-9-7-4-8-10-13/h4,7-10,14-15H,1-3,5-6,11-12H2,(H,18,19)(H,20,21)/t15-/m0/s1. The van der Waals surface area contributed by atoms with E-state index < -0.39 is 12.0 Å². The van der Waals surface area contributed by atoms with Crippen LogP contribution in [0.15, 0.2) is 30.3 Å². The first-order valence-corrected chi connectivity index (χ1v) is 7.76. The number of hydrogen-bond acceptors (Lipinski definition) is 2. The Bertz CT molecular complexity index is 464. The third-order valence-electron chi connectivity index (χ3n) is 4.14. The highest BCUT2D eigenvalue weighted by Crippen LogP contribution is 2.23. The van der Waals surface area contributed by atoms with Crippen molar-refractivity contribution in [3.63, 3.8) is 0 Å². The average Bonchev–Trinajstić information content (AvgIpc) is 2.44. The summed E-state index contributed by atoms with van der Waals surface area (Å²) in [6, 6.07) is 7.91. The molecule has 1 aromatic rings. The average molecular weight is 289 g/mol. The van der Waals surface area contributed by atoms with Crippen LogP contribution in [0.25, 0.3) is 0 Å². The lowest BCUT2D eigenvalue weighted by molar-refractivity contribution is -0.142. The van der Waals surface area contributed by atoms with E-state index in [0.29, 0.717) is 5.56 Å². The van der Waals surface area contributed by atoms with Crippen LogP contribution in [0.3, 0.4) is 0 Å². The monoisotopic (exact) mass is 289 g/mol. The van der Waals surface area contributed by atoms with Crippen LogP contribution in [-0.4, -0.2) is 17.0 Å². The van der Waals surface area contributed by atoms with Crippen LogP contribution in [0.1, 0.15) is 56.6 Å². The number of rotatable bonds is 4. The number of benzene rings is 1. The first kappa shape index (κ1) is 15.5. The number of amides is 1. The lowest BCUT2D eigenvalue weighted by Crippen LogP contribution is -2.38. The summed E-state index contributed by atoms with van der Waals surface area (Å²) in [7, 11) is 0. The Labute approximate surface area is 125 Å². The zero-order valence-corrected chi connectivity index (χ0v) is 12.3. The van der Waals surface area contributed by atoms with E-state index in [9.17, 15) is 14.7 Å². The van der Waals surface area contributed by atoms with Gasteiger partial charge in [0.15, 0.2) is 6.04 Å². The van der Waals surface area contributed by atoms with Crippen LogP contribution in [0, 0.1) is 5.92 Å². The number of carbonyl (C=O) groups excluding carboxylic acids is 1. The topological polar surface area (TPSA) is 66.4 Å². The van der Waals surface area contributed by atoms with Crippen molar-refractivity contribution in [1.29, 1.82) is 0 Å². The minimum absolute atomic E-state index is 0.0455. The van der Waals surface area contributed by atoms with E-state index in [1.165, 1.54) is 19.3 Å². The highest BCUT2D eigenvalue weighted by Gasteiger charge is 2.26. The SMILES string of the molecule is O=C(N[C@H](C(=O)O)c1ccccc1)C1CCCCCCC1. The molecule has 1 saturated carbocycles. The van der Waals surface area contributed by atoms with Crippen LogP contribution >= 0.6 is 0 Å². The maximum Gasteiger partial charge on any atom is 0.330 e. The summed E-state index contributed by atoms with van der Waals surface area (Å²) in [6.07, 6.45) is 7.44. The summed E-state index contributed by atoms with van der Waals surface area (Å²) in [4.78, 5) is 23.8. The zero-order chi connectivity index (χ0) is 15.1. The molecular formula is C17H23NO3. The Morgan fingerprint density at radius 1 is 1.00 bits per heavy atom. The van der Waals surface area contributed by atoms with E-state index in [1.54, 1.807) is 24.3 Å². The van der Waals surface area contributed by atoms with Crippen molar-refractivity contribution in [2.24, 2.45) is 5.92 Å². The number of carbonyl (C=O) groups is 2. The molecule has 1 aromatic carbocycles. The third kappa shape index (κ3) is 4.59. The summed E-state index contributed by atoms with van der Waals surface area (Å²) in [5, 5.41) is 12.1. The molecule has 114 valence electrons. The molecular weight excluding hydrogens is 266 g/mol. The lowest BCUT2D eigenvalue weighted by atomic mass is 9.90. The van der Waals surface area contributed by atoms with E-state index in [1.807, 2.05) is 6.07 Å². The molecule has 0 spiro atoms. The Hall–Kier alpha value is -1.84. The third-order valence-corrected chi connectivity index (χ3v) is 4.14. The van der Waals surface area contributed by atoms with Gasteiger partial charge in [-0.25, -0.2) is 4.79 Å². The molecule has 2 rings (SSSR count). The van der Waals surface area contributed by atoms with Gasteiger partial charge in [0.05, 0.1) is 0 Å². The molecule has 0 saturated heterocycles. The van der Waals surface area contributed by atoms with Crippen molar-refractivity contribution in [2.75, 3.05) is 0 Å². The van der Waals surface area contributed by atoms with Gasteiger partial charge < -0.3 is 10.4 Å². The Kier molecular flexibility index (Phi) is 5.78. The van der Waals surface area contributed by atoms with Crippen molar-refractivity contribution in [1.82, 2.24) is 5.32 Å². The summed E-state index contributed by atoms with van der Waals surface area (Å²) in [5.41, 5.74) is 0.615. The van der Waals surface area contributed by atoms with Gasteiger partial charge in [-0.2, -0.15) is 0 Å². The molecule has 1 atom stereocenters. The molecule has 0 aliphatic heterocycles. The molecule has 1 aliphatic carbocycles. The second-order valence-corrected chi connectivity index (χ2v) is 5.73. The van der Waals surface area contributed by atoms with Crippen LogP contribution in [0.2, 0.25) is 0 Å². The molecule has 0 bridgehead atoms. The smallest absolute Gasteiger partial charge is 0.330 e. The van der Waals surface area contributed by atoms with Gasteiger partial charge in [-0.15, -0.1) is 0 Å². The van der Waals surface area contributed by atoms with Crippen molar-refractivity contribution >= 4 is 11.9 Å². The van der Waals surface area contributed by atoms with Gasteiger partial charge in [0.2, 0.25) is 5.91 Å². The second-order valence-electron chi connectivity index (χ2n) is 5.73. The van der Waals surface area contributed by atoms with Crippen molar-refractivity contribution in [3.05, 3.63) is 35.9 Å². The van der Waals surface area contributed by atoms with E-state index in [4.69, 9.17) is 0 Å². The molecule has 1 aliphatic rings. The number of carboxylic acids is 1. The predicted molar refractivity (Wildman–Crippen MR) is 80.8 cm³/mol. The summed E-state index contributed by atoms with van der Waals surface area (Å²) < 4.78 is 0. The molecule has 1 amide bonds. The molecule has 2 N–H and O–H groups in total. The molecule has 4 nitrogen and oxygen atoms in total. The van der Waals surface area contributed by atoms with Gasteiger partial charge in [0.1, 0.15) is 0 Å². The Morgan fingerprint density at radius 2 is 1.57 bits per heavy atom. The summed E-state index contributed by atoms with van der Waals surface area (Å²) in [5.74, 6) is -1.18. The largest absolute Gasteiger partial charge is 0.479 e. The number of hydrogen-bond donors (Lipinski definition) is 2. The fraction of sp³-hybridized carbons (Fsp3) is 0.529. The Balaban J connectivity index is 2.02.